The summed E-state index contributed by atoms with van der Waals surface area (Å²) in [5.41, 5.74) is 0.564. The van der Waals surface area contributed by atoms with Crippen LogP contribution in [0.1, 0.15) is 15.9 Å². The molecule has 0 fully saturated rings. The molecule has 6 nitrogen and oxygen atoms in total. The van der Waals surface area contributed by atoms with Crippen LogP contribution >= 0.6 is 0 Å². The molecular weight excluding hydrogens is 387 g/mol. The first-order chi connectivity index (χ1) is 14.5. The topological polar surface area (TPSA) is 81.3 Å². The fourth-order valence-corrected chi connectivity index (χ4v) is 3.39. The lowest BCUT2D eigenvalue weighted by Gasteiger charge is -2.14. The minimum absolute atomic E-state index is 0.141. The second-order valence-corrected chi connectivity index (χ2v) is 6.78. The number of halogens is 1. The molecular formula is C23H17FN2O4. The van der Waals surface area contributed by atoms with E-state index in [2.05, 4.69) is 0 Å². The Kier molecular flexibility index (Phi) is 5.12. The first kappa shape index (κ1) is 19.5. The van der Waals surface area contributed by atoms with Crippen LogP contribution in [-0.2, 0) is 6.54 Å². The Hall–Kier alpha value is -3.84. The lowest BCUT2D eigenvalue weighted by atomic mass is 10.1. The van der Waals surface area contributed by atoms with E-state index in [0.29, 0.717) is 16.5 Å². The van der Waals surface area contributed by atoms with Gasteiger partial charge in [-0.15, -0.1) is 0 Å². The third-order valence-corrected chi connectivity index (χ3v) is 4.88. The molecule has 1 aromatic heterocycles. The number of aliphatic hydroxyl groups excluding tert-OH is 1. The zero-order valence-electron chi connectivity index (χ0n) is 15.8. The Bertz CT molecular complexity index is 1370. The van der Waals surface area contributed by atoms with Crippen LogP contribution < -0.4 is 11.2 Å². The van der Waals surface area contributed by atoms with Gasteiger partial charge in [0.05, 0.1) is 23.1 Å². The molecule has 1 heterocycles. The van der Waals surface area contributed by atoms with Gasteiger partial charge < -0.3 is 5.11 Å². The van der Waals surface area contributed by atoms with E-state index in [-0.39, 0.29) is 12.2 Å². The highest BCUT2D eigenvalue weighted by atomic mass is 19.1. The number of nitrogens with zero attached hydrogens (tertiary/aromatic N) is 2. The average Bonchev–Trinajstić information content (AvgIpc) is 2.77. The van der Waals surface area contributed by atoms with Gasteiger partial charge >= 0.3 is 5.69 Å². The Balaban J connectivity index is 1.90. The first-order valence-corrected chi connectivity index (χ1v) is 9.23. The predicted octanol–water partition coefficient (Wildman–Crippen LogP) is 2.51. The van der Waals surface area contributed by atoms with E-state index in [4.69, 9.17) is 5.11 Å². The number of rotatable bonds is 5. The quantitative estimate of drug-likeness (QED) is 0.519. The Morgan fingerprint density at radius 1 is 0.933 bits per heavy atom. The van der Waals surface area contributed by atoms with Crippen LogP contribution in [0.4, 0.5) is 4.39 Å². The normalized spacial score (nSPS) is 11.0. The molecule has 4 aromatic rings. The standard InChI is InChI=1S/C23H17FN2O4/c24-17-4-3-5-18(12-17)26-22(29)19-6-1-2-7-20(19)25(23(26)30)13-15-8-10-16(11-9-15)21(28)14-27/h1-12,27H,13-14H2. The Labute approximate surface area is 170 Å². The fraction of sp³-hybridized carbons (Fsp3) is 0.0870. The second-order valence-electron chi connectivity index (χ2n) is 6.78. The van der Waals surface area contributed by atoms with E-state index in [1.54, 1.807) is 48.5 Å². The van der Waals surface area contributed by atoms with Crippen LogP contribution in [0, 0.1) is 5.82 Å². The number of aliphatic hydroxyl groups is 1. The minimum atomic E-state index is -0.597. The van der Waals surface area contributed by atoms with Crippen molar-refractivity contribution in [1.82, 2.24) is 9.13 Å². The molecule has 3 aromatic carbocycles. The number of benzene rings is 3. The number of aromatic nitrogens is 2. The van der Waals surface area contributed by atoms with Crippen LogP contribution in [0.5, 0.6) is 0 Å². The van der Waals surface area contributed by atoms with Crippen molar-refractivity contribution in [2.75, 3.05) is 6.61 Å². The molecule has 0 saturated heterocycles. The van der Waals surface area contributed by atoms with E-state index in [1.165, 1.54) is 22.8 Å². The molecule has 0 amide bonds. The van der Waals surface area contributed by atoms with Crippen LogP contribution in [0.15, 0.2) is 82.4 Å². The highest BCUT2D eigenvalue weighted by Gasteiger charge is 2.15. The van der Waals surface area contributed by atoms with Crippen molar-refractivity contribution in [2.24, 2.45) is 0 Å². The van der Waals surface area contributed by atoms with Crippen LogP contribution in [0.2, 0.25) is 0 Å². The van der Waals surface area contributed by atoms with Crippen LogP contribution in [0.3, 0.4) is 0 Å². The highest BCUT2D eigenvalue weighted by Crippen LogP contribution is 2.14. The number of ketones is 1. The molecule has 1 N–H and O–H groups in total. The molecule has 0 aliphatic rings. The number of hydrogen-bond acceptors (Lipinski definition) is 4. The van der Waals surface area contributed by atoms with E-state index in [0.717, 1.165) is 16.2 Å². The number of fused-ring (bicyclic) bond motifs is 1. The SMILES string of the molecule is O=C(CO)c1ccc(Cn2c(=O)n(-c3cccc(F)c3)c(=O)c3ccccc32)cc1. The third-order valence-electron chi connectivity index (χ3n) is 4.88. The van der Waals surface area contributed by atoms with Crippen molar-refractivity contribution in [1.29, 1.82) is 0 Å². The van der Waals surface area contributed by atoms with Crippen molar-refractivity contribution in [3.05, 3.63) is 111 Å². The first-order valence-electron chi connectivity index (χ1n) is 9.23. The van der Waals surface area contributed by atoms with E-state index in [9.17, 15) is 18.8 Å². The number of para-hydroxylation sites is 1. The summed E-state index contributed by atoms with van der Waals surface area (Å²) in [5, 5.41) is 9.30. The van der Waals surface area contributed by atoms with Crippen molar-refractivity contribution in [2.45, 2.75) is 6.54 Å². The summed E-state index contributed by atoms with van der Waals surface area (Å²) < 4.78 is 16.1. The number of carbonyl (C=O) groups excluding carboxylic acids is 1. The van der Waals surface area contributed by atoms with Gasteiger partial charge in [0.15, 0.2) is 5.78 Å². The molecule has 0 bridgehead atoms. The summed E-state index contributed by atoms with van der Waals surface area (Å²) in [7, 11) is 0. The van der Waals surface area contributed by atoms with Gasteiger partial charge in [0.2, 0.25) is 0 Å². The van der Waals surface area contributed by atoms with Crippen molar-refractivity contribution in [3.8, 4) is 5.69 Å². The Morgan fingerprint density at radius 2 is 1.67 bits per heavy atom. The summed E-state index contributed by atoms with van der Waals surface area (Å²) in [6.07, 6.45) is 0. The summed E-state index contributed by atoms with van der Waals surface area (Å²) in [6.45, 7) is -0.440. The van der Waals surface area contributed by atoms with Gasteiger partial charge in [0, 0.05) is 5.56 Å². The molecule has 150 valence electrons. The van der Waals surface area contributed by atoms with Gasteiger partial charge in [-0.3, -0.25) is 14.2 Å². The van der Waals surface area contributed by atoms with E-state index >= 15 is 0 Å². The highest BCUT2D eigenvalue weighted by molar-refractivity contribution is 5.96. The number of carbonyl (C=O) groups is 1. The molecule has 0 saturated carbocycles. The van der Waals surface area contributed by atoms with Gasteiger partial charge in [-0.1, -0.05) is 42.5 Å². The molecule has 7 heteroatoms. The van der Waals surface area contributed by atoms with Gasteiger partial charge in [-0.05, 0) is 35.9 Å². The third kappa shape index (κ3) is 3.46. The molecule has 4 rings (SSSR count). The van der Waals surface area contributed by atoms with Gasteiger partial charge in [-0.2, -0.15) is 0 Å². The van der Waals surface area contributed by atoms with Crippen molar-refractivity contribution >= 4 is 16.7 Å². The molecule has 30 heavy (non-hydrogen) atoms. The second kappa shape index (κ2) is 7.88. The number of hydrogen-bond donors (Lipinski definition) is 1. The molecule has 0 spiro atoms. The summed E-state index contributed by atoms with van der Waals surface area (Å²) in [5.74, 6) is -0.952. The monoisotopic (exact) mass is 404 g/mol. The largest absolute Gasteiger partial charge is 0.388 e. The van der Waals surface area contributed by atoms with Crippen LogP contribution in [0.25, 0.3) is 16.6 Å². The number of Topliss-reactive ketones (excluding diaryl/α,β-unsaturated/α-hetero) is 1. The molecule has 0 atom stereocenters. The maximum atomic E-state index is 13.7. The summed E-state index contributed by atoms with van der Waals surface area (Å²) in [4.78, 5) is 37.8. The maximum absolute atomic E-state index is 13.7. The zero-order valence-corrected chi connectivity index (χ0v) is 15.8. The predicted molar refractivity (Wildman–Crippen MR) is 111 cm³/mol. The minimum Gasteiger partial charge on any atom is -0.388 e. The smallest absolute Gasteiger partial charge is 0.336 e. The van der Waals surface area contributed by atoms with Crippen molar-refractivity contribution < 1.29 is 14.3 Å². The zero-order chi connectivity index (χ0) is 21.3. The summed E-state index contributed by atoms with van der Waals surface area (Å²) >= 11 is 0. The maximum Gasteiger partial charge on any atom is 0.336 e. The summed E-state index contributed by atoms with van der Waals surface area (Å²) in [6, 6.07) is 18.5. The Morgan fingerprint density at radius 3 is 2.37 bits per heavy atom. The molecule has 0 aliphatic heterocycles. The van der Waals surface area contributed by atoms with Gasteiger partial charge in [0.25, 0.3) is 5.56 Å². The van der Waals surface area contributed by atoms with Crippen molar-refractivity contribution in [3.63, 3.8) is 0 Å². The fourth-order valence-electron chi connectivity index (χ4n) is 3.39. The van der Waals surface area contributed by atoms with Gasteiger partial charge in [-0.25, -0.2) is 13.8 Å². The molecule has 0 radical (unpaired) electrons. The lowest BCUT2D eigenvalue weighted by Crippen LogP contribution is -2.39. The lowest BCUT2D eigenvalue weighted by molar-refractivity contribution is 0.0903. The molecule has 0 unspecified atom stereocenters. The molecule has 0 aliphatic carbocycles. The van der Waals surface area contributed by atoms with Gasteiger partial charge in [0.1, 0.15) is 12.4 Å². The van der Waals surface area contributed by atoms with E-state index < -0.39 is 29.5 Å². The van der Waals surface area contributed by atoms with E-state index in [1.807, 2.05) is 0 Å². The average molecular weight is 404 g/mol. The van der Waals surface area contributed by atoms with Crippen LogP contribution in [-0.4, -0.2) is 26.6 Å².